The van der Waals surface area contributed by atoms with Crippen molar-refractivity contribution in [2.75, 3.05) is 13.1 Å². The van der Waals surface area contributed by atoms with Crippen LogP contribution >= 0.6 is 0 Å². The average Bonchev–Trinajstić information content (AvgIpc) is 2.88. The van der Waals surface area contributed by atoms with E-state index in [1.165, 1.54) is 4.31 Å². The van der Waals surface area contributed by atoms with Crippen LogP contribution in [0.5, 0.6) is 0 Å². The third-order valence-electron chi connectivity index (χ3n) is 3.79. The fourth-order valence-corrected chi connectivity index (χ4v) is 3.90. The second-order valence-electron chi connectivity index (χ2n) is 5.49. The Morgan fingerprint density at radius 1 is 1.33 bits per heavy atom. The molecule has 1 aromatic rings. The van der Waals surface area contributed by atoms with E-state index in [4.69, 9.17) is 0 Å². The highest BCUT2D eigenvalue weighted by atomic mass is 32.2. The van der Waals surface area contributed by atoms with Crippen LogP contribution in [0.4, 0.5) is 0 Å². The van der Waals surface area contributed by atoms with E-state index in [0.29, 0.717) is 31.2 Å². The van der Waals surface area contributed by atoms with E-state index in [0.717, 1.165) is 12.8 Å². The lowest BCUT2D eigenvalue weighted by Crippen LogP contribution is -2.34. The van der Waals surface area contributed by atoms with E-state index in [1.807, 2.05) is 18.4 Å². The van der Waals surface area contributed by atoms with Crippen molar-refractivity contribution in [2.24, 2.45) is 5.92 Å². The number of hydrogen-bond donors (Lipinski definition) is 1. The van der Waals surface area contributed by atoms with Crippen molar-refractivity contribution in [3.63, 3.8) is 0 Å². The molecule has 1 aromatic heterocycles. The predicted octanol–water partition coefficient (Wildman–Crippen LogP) is 2.45. The first-order chi connectivity index (χ1) is 9.90. The zero-order chi connectivity index (χ0) is 16.0. The highest BCUT2D eigenvalue weighted by Crippen LogP contribution is 2.21. The summed E-state index contributed by atoms with van der Waals surface area (Å²) < 4.78 is 28.8. The fourth-order valence-electron chi connectivity index (χ4n) is 2.27. The molecule has 0 aliphatic heterocycles. The lowest BCUT2D eigenvalue weighted by atomic mass is 10.1. The molecule has 0 aliphatic carbocycles. The number of aromatic nitrogens is 1. The summed E-state index contributed by atoms with van der Waals surface area (Å²) in [5.41, 5.74) is 0.648. The van der Waals surface area contributed by atoms with Gasteiger partial charge >= 0.3 is 0 Å². The van der Waals surface area contributed by atoms with E-state index >= 15 is 0 Å². The average molecular weight is 316 g/mol. The quantitative estimate of drug-likeness (QED) is 0.761. The van der Waals surface area contributed by atoms with Crippen molar-refractivity contribution >= 4 is 10.0 Å². The molecule has 1 atom stereocenters. The number of aryl methyl sites for hydroxylation is 1. The number of aliphatic hydroxyl groups is 1. The molecule has 0 fully saturated rings. The third-order valence-corrected chi connectivity index (χ3v) is 5.70. The van der Waals surface area contributed by atoms with E-state index in [-0.39, 0.29) is 11.5 Å². The molecule has 122 valence electrons. The second kappa shape index (κ2) is 7.96. The summed E-state index contributed by atoms with van der Waals surface area (Å²) in [7, 11) is -3.48. The zero-order valence-corrected chi connectivity index (χ0v) is 14.4. The monoisotopic (exact) mass is 316 g/mol. The molecule has 0 amide bonds. The highest BCUT2D eigenvalue weighted by Gasteiger charge is 2.26. The van der Waals surface area contributed by atoms with Crippen LogP contribution in [0.3, 0.4) is 0 Å². The Bertz CT molecular complexity index is 537. The van der Waals surface area contributed by atoms with Crippen LogP contribution in [-0.4, -0.2) is 35.5 Å². The molecule has 0 aromatic carbocycles. The molecular formula is C15H28N2O3S. The smallest absolute Gasteiger partial charge is 0.244 e. The first-order valence-corrected chi connectivity index (χ1v) is 9.14. The molecule has 0 saturated carbocycles. The Hall–Kier alpha value is -0.850. The van der Waals surface area contributed by atoms with Gasteiger partial charge in [0.15, 0.2) is 0 Å². The van der Waals surface area contributed by atoms with Crippen molar-refractivity contribution in [3.8, 4) is 0 Å². The molecule has 0 radical (unpaired) electrons. The maximum atomic E-state index is 12.7. The number of sulfonamides is 1. The molecular weight excluding hydrogens is 288 g/mol. The van der Waals surface area contributed by atoms with Crippen LogP contribution in [0.1, 0.15) is 46.2 Å². The van der Waals surface area contributed by atoms with Gasteiger partial charge in [-0.15, -0.1) is 0 Å². The van der Waals surface area contributed by atoms with E-state index in [2.05, 4.69) is 13.8 Å². The maximum absolute atomic E-state index is 12.7. The molecule has 0 aliphatic rings. The second-order valence-corrected chi connectivity index (χ2v) is 7.43. The van der Waals surface area contributed by atoms with E-state index < -0.39 is 10.0 Å². The first kappa shape index (κ1) is 18.2. The van der Waals surface area contributed by atoms with Crippen molar-refractivity contribution in [2.45, 2.75) is 58.6 Å². The molecule has 1 rings (SSSR count). The summed E-state index contributed by atoms with van der Waals surface area (Å²) >= 11 is 0. The van der Waals surface area contributed by atoms with Gasteiger partial charge in [0.1, 0.15) is 4.90 Å². The lowest BCUT2D eigenvalue weighted by Gasteiger charge is -2.22. The SMILES string of the molecule is CCCn1cc(S(=O)(=O)N(CC)CC(C)CC)cc1CO. The fraction of sp³-hybridized carbons (Fsp3) is 0.733. The van der Waals surface area contributed by atoms with Gasteiger partial charge in [0.2, 0.25) is 10.0 Å². The van der Waals surface area contributed by atoms with Crippen molar-refractivity contribution in [1.29, 1.82) is 0 Å². The van der Waals surface area contributed by atoms with Gasteiger partial charge in [-0.05, 0) is 18.4 Å². The van der Waals surface area contributed by atoms with E-state index in [9.17, 15) is 13.5 Å². The van der Waals surface area contributed by atoms with Crippen LogP contribution in [0.25, 0.3) is 0 Å². The van der Waals surface area contributed by atoms with Crippen molar-refractivity contribution < 1.29 is 13.5 Å². The zero-order valence-electron chi connectivity index (χ0n) is 13.5. The topological polar surface area (TPSA) is 62.5 Å². The Morgan fingerprint density at radius 3 is 2.48 bits per heavy atom. The molecule has 0 saturated heterocycles. The molecule has 1 unspecified atom stereocenters. The van der Waals surface area contributed by atoms with E-state index in [1.54, 1.807) is 12.3 Å². The largest absolute Gasteiger partial charge is 0.390 e. The van der Waals surface area contributed by atoms with Gasteiger partial charge in [0, 0.05) is 31.5 Å². The number of nitrogens with zero attached hydrogens (tertiary/aromatic N) is 2. The standard InChI is InChI=1S/C15H28N2O3S/c1-5-8-16-11-15(9-14(16)12-18)21(19,20)17(7-3)10-13(4)6-2/h9,11,13,18H,5-8,10,12H2,1-4H3. The van der Waals surface area contributed by atoms with Crippen molar-refractivity contribution in [1.82, 2.24) is 8.87 Å². The predicted molar refractivity (Wildman–Crippen MR) is 84.5 cm³/mol. The minimum Gasteiger partial charge on any atom is -0.390 e. The van der Waals surface area contributed by atoms with Crippen LogP contribution < -0.4 is 0 Å². The van der Waals surface area contributed by atoms with Crippen LogP contribution in [0, 0.1) is 5.92 Å². The summed E-state index contributed by atoms with van der Waals surface area (Å²) in [5, 5.41) is 9.37. The molecule has 1 N–H and O–H groups in total. The van der Waals surface area contributed by atoms with Gasteiger partial charge in [-0.25, -0.2) is 8.42 Å². The molecule has 5 nitrogen and oxygen atoms in total. The summed E-state index contributed by atoms with van der Waals surface area (Å²) in [6.45, 7) is 9.55. The maximum Gasteiger partial charge on any atom is 0.244 e. The number of hydrogen-bond acceptors (Lipinski definition) is 3. The van der Waals surface area contributed by atoms with Gasteiger partial charge in [-0.1, -0.05) is 34.1 Å². The molecule has 21 heavy (non-hydrogen) atoms. The van der Waals surface area contributed by atoms with Gasteiger partial charge in [0.25, 0.3) is 0 Å². The summed E-state index contributed by atoms with van der Waals surface area (Å²) in [5.74, 6) is 0.328. The number of rotatable bonds is 9. The lowest BCUT2D eigenvalue weighted by molar-refractivity contribution is 0.270. The Labute approximate surface area is 128 Å². The first-order valence-electron chi connectivity index (χ1n) is 7.70. The molecule has 6 heteroatoms. The van der Waals surface area contributed by atoms with Gasteiger partial charge in [-0.3, -0.25) is 0 Å². The molecule has 1 heterocycles. The Balaban J connectivity index is 3.10. The summed E-state index contributed by atoms with van der Waals surface area (Å²) in [4.78, 5) is 0.283. The minimum atomic E-state index is -3.48. The highest BCUT2D eigenvalue weighted by molar-refractivity contribution is 7.89. The minimum absolute atomic E-state index is 0.146. The third kappa shape index (κ3) is 4.31. The summed E-state index contributed by atoms with van der Waals surface area (Å²) in [6.07, 6.45) is 3.49. The molecule has 0 spiro atoms. The molecule has 0 bridgehead atoms. The van der Waals surface area contributed by atoms with Crippen LogP contribution in [0.15, 0.2) is 17.2 Å². The van der Waals surface area contributed by atoms with Gasteiger partial charge in [0.05, 0.1) is 6.61 Å². The van der Waals surface area contributed by atoms with Gasteiger partial charge in [-0.2, -0.15) is 4.31 Å². The Morgan fingerprint density at radius 2 is 2.00 bits per heavy atom. The van der Waals surface area contributed by atoms with Crippen molar-refractivity contribution in [3.05, 3.63) is 18.0 Å². The van der Waals surface area contributed by atoms with Gasteiger partial charge < -0.3 is 9.67 Å². The number of aliphatic hydroxyl groups excluding tert-OH is 1. The van der Waals surface area contributed by atoms with Crippen LogP contribution in [0.2, 0.25) is 0 Å². The van der Waals surface area contributed by atoms with Crippen LogP contribution in [-0.2, 0) is 23.2 Å². The summed E-state index contributed by atoms with van der Waals surface area (Å²) in [6, 6.07) is 1.59. The Kier molecular flexibility index (Phi) is 6.90. The normalized spacial score (nSPS) is 13.8.